The van der Waals surface area contributed by atoms with Gasteiger partial charge in [-0.05, 0) is 39.3 Å². The zero-order valence-corrected chi connectivity index (χ0v) is 12.0. The molecule has 0 aliphatic carbocycles. The average molecular weight is 241 g/mol. The van der Waals surface area contributed by atoms with Crippen LogP contribution in [0, 0.1) is 5.92 Å². The maximum absolute atomic E-state index is 11.4. The molecule has 0 amide bonds. The van der Waals surface area contributed by atoms with E-state index in [1.165, 1.54) is 19.3 Å². The van der Waals surface area contributed by atoms with E-state index in [1.807, 2.05) is 27.0 Å². The minimum absolute atomic E-state index is 0.139. The van der Waals surface area contributed by atoms with E-state index < -0.39 is 5.60 Å². The highest BCUT2D eigenvalue weighted by atomic mass is 16.6. The fraction of sp³-hybridized carbons (Fsp3) is 0.857. The molecule has 0 aromatic heterocycles. The van der Waals surface area contributed by atoms with Crippen LogP contribution in [-0.2, 0) is 9.53 Å². The molecule has 0 aliphatic heterocycles. The summed E-state index contributed by atoms with van der Waals surface area (Å²) in [6, 6.07) is 0. The van der Waals surface area contributed by atoms with Gasteiger partial charge in [0.05, 0.1) is 0 Å². The van der Waals surface area contributed by atoms with Gasteiger partial charge in [-0.25, -0.2) is 0 Å². The summed E-state index contributed by atoms with van der Waals surface area (Å²) in [6.07, 6.45) is 6.44. The molecule has 0 saturated carbocycles. The fourth-order valence-corrected chi connectivity index (χ4v) is 1.63. The van der Waals surface area contributed by atoms with Crippen molar-refractivity contribution in [2.45, 2.75) is 65.9 Å². The molecule has 0 heterocycles. The van der Waals surface area contributed by atoms with Gasteiger partial charge in [-0.3, -0.25) is 9.79 Å². The zero-order valence-electron chi connectivity index (χ0n) is 12.0. The minimum Gasteiger partial charge on any atom is -0.459 e. The molecule has 0 rings (SSSR count). The maximum atomic E-state index is 11.4. The van der Waals surface area contributed by atoms with Crippen molar-refractivity contribution in [2.75, 3.05) is 6.54 Å². The predicted octanol–water partition coefficient (Wildman–Crippen LogP) is 3.62. The molecule has 3 nitrogen and oxygen atoms in total. The van der Waals surface area contributed by atoms with Crippen molar-refractivity contribution in [2.24, 2.45) is 10.9 Å². The number of rotatable bonds is 7. The van der Waals surface area contributed by atoms with Crippen molar-refractivity contribution in [3.8, 4) is 0 Å². The van der Waals surface area contributed by atoms with Crippen molar-refractivity contribution in [1.29, 1.82) is 0 Å². The average Bonchev–Trinajstić information content (AvgIpc) is 2.20. The van der Waals surface area contributed by atoms with Crippen molar-refractivity contribution in [3.63, 3.8) is 0 Å². The van der Waals surface area contributed by atoms with Crippen LogP contribution in [0.4, 0.5) is 0 Å². The van der Waals surface area contributed by atoms with Crippen LogP contribution in [0.1, 0.15) is 60.3 Å². The highest BCUT2D eigenvalue weighted by Crippen LogP contribution is 2.13. The summed E-state index contributed by atoms with van der Waals surface area (Å²) in [5.74, 6) is 0.444. The van der Waals surface area contributed by atoms with Crippen LogP contribution < -0.4 is 0 Å². The topological polar surface area (TPSA) is 38.7 Å². The lowest BCUT2D eigenvalue weighted by molar-refractivity contribution is -0.152. The molecule has 0 aliphatic rings. The van der Waals surface area contributed by atoms with Gasteiger partial charge in [0.2, 0.25) is 0 Å². The van der Waals surface area contributed by atoms with E-state index in [0.29, 0.717) is 5.92 Å². The second-order valence-corrected chi connectivity index (χ2v) is 5.41. The summed E-state index contributed by atoms with van der Waals surface area (Å²) in [5.41, 5.74) is -0.416. The molecule has 3 heteroatoms. The molecule has 0 N–H and O–H groups in total. The highest BCUT2D eigenvalue weighted by molar-refractivity contribution is 5.74. The van der Waals surface area contributed by atoms with Crippen LogP contribution >= 0.6 is 0 Å². The third-order valence-electron chi connectivity index (χ3n) is 2.48. The van der Waals surface area contributed by atoms with Gasteiger partial charge in [0.1, 0.15) is 12.1 Å². The third kappa shape index (κ3) is 10.0. The van der Waals surface area contributed by atoms with Gasteiger partial charge in [-0.15, -0.1) is 0 Å². The van der Waals surface area contributed by atoms with Crippen LogP contribution in [0.5, 0.6) is 0 Å². The summed E-state index contributed by atoms with van der Waals surface area (Å²) in [4.78, 5) is 15.5. The molecule has 0 radical (unpaired) electrons. The monoisotopic (exact) mass is 241 g/mol. The Bertz CT molecular complexity index is 241. The fourth-order valence-electron chi connectivity index (χ4n) is 1.63. The summed E-state index contributed by atoms with van der Waals surface area (Å²) >= 11 is 0. The molecule has 0 aromatic rings. The molecule has 0 saturated heterocycles. The molecule has 0 fully saturated rings. The van der Waals surface area contributed by atoms with E-state index in [9.17, 15) is 4.79 Å². The Kier molecular flexibility index (Phi) is 7.85. The van der Waals surface area contributed by atoms with Crippen molar-refractivity contribution in [3.05, 3.63) is 0 Å². The first kappa shape index (κ1) is 16.1. The number of hydrogen-bond donors (Lipinski definition) is 0. The molecule has 100 valence electrons. The van der Waals surface area contributed by atoms with Gasteiger partial charge >= 0.3 is 5.97 Å². The standard InChI is InChI=1S/C14H27NO2/c1-6-8-12(7-2)9-10-15-11-13(16)17-14(3,4)5/h10,12H,6-9,11H2,1-5H3. The van der Waals surface area contributed by atoms with Crippen LogP contribution in [0.15, 0.2) is 4.99 Å². The van der Waals surface area contributed by atoms with Crippen molar-refractivity contribution < 1.29 is 9.53 Å². The first-order valence-electron chi connectivity index (χ1n) is 6.59. The highest BCUT2D eigenvalue weighted by Gasteiger charge is 2.15. The summed E-state index contributed by atoms with van der Waals surface area (Å²) in [7, 11) is 0. The number of nitrogens with zero attached hydrogens (tertiary/aromatic N) is 1. The lowest BCUT2D eigenvalue weighted by atomic mass is 9.98. The minimum atomic E-state index is -0.416. The Hall–Kier alpha value is -0.860. The summed E-state index contributed by atoms with van der Waals surface area (Å²) < 4.78 is 5.17. The van der Waals surface area contributed by atoms with Crippen molar-refractivity contribution in [1.82, 2.24) is 0 Å². The molecule has 0 spiro atoms. The number of hydrogen-bond acceptors (Lipinski definition) is 3. The Labute approximate surface area is 106 Å². The number of carbonyl (C=O) groups is 1. The summed E-state index contributed by atoms with van der Waals surface area (Å²) in [6.45, 7) is 10.1. The largest absolute Gasteiger partial charge is 0.459 e. The van der Waals surface area contributed by atoms with Crippen LogP contribution in [0.2, 0.25) is 0 Å². The van der Waals surface area contributed by atoms with Crippen LogP contribution in [0.3, 0.4) is 0 Å². The molecule has 0 aromatic carbocycles. The first-order chi connectivity index (χ1) is 7.89. The second-order valence-electron chi connectivity index (χ2n) is 5.41. The number of aliphatic imine (C=N–C) groups is 1. The lowest BCUT2D eigenvalue weighted by Gasteiger charge is -2.18. The van der Waals surface area contributed by atoms with E-state index in [0.717, 1.165) is 6.42 Å². The van der Waals surface area contributed by atoms with E-state index >= 15 is 0 Å². The Morgan fingerprint density at radius 2 is 2.00 bits per heavy atom. The SMILES string of the molecule is CCCC(CC)CC=NCC(=O)OC(C)(C)C. The normalized spacial score (nSPS) is 13.9. The van der Waals surface area contributed by atoms with Gasteiger partial charge in [0.25, 0.3) is 0 Å². The second kappa shape index (κ2) is 8.26. The number of ether oxygens (including phenoxy) is 1. The van der Waals surface area contributed by atoms with Gasteiger partial charge in [-0.1, -0.05) is 33.1 Å². The zero-order chi connectivity index (χ0) is 13.3. The van der Waals surface area contributed by atoms with Gasteiger partial charge < -0.3 is 4.74 Å². The van der Waals surface area contributed by atoms with Gasteiger partial charge in [0.15, 0.2) is 0 Å². The Balaban J connectivity index is 3.83. The van der Waals surface area contributed by atoms with Crippen LogP contribution in [-0.4, -0.2) is 24.3 Å². The number of carbonyl (C=O) groups excluding carboxylic acids is 1. The smallest absolute Gasteiger partial charge is 0.328 e. The number of esters is 1. The van der Waals surface area contributed by atoms with E-state index in [1.54, 1.807) is 0 Å². The maximum Gasteiger partial charge on any atom is 0.328 e. The van der Waals surface area contributed by atoms with E-state index in [-0.39, 0.29) is 12.5 Å². The summed E-state index contributed by atoms with van der Waals surface area (Å²) in [5, 5.41) is 0. The van der Waals surface area contributed by atoms with E-state index in [2.05, 4.69) is 18.8 Å². The van der Waals surface area contributed by atoms with Gasteiger partial charge in [-0.2, -0.15) is 0 Å². The van der Waals surface area contributed by atoms with Gasteiger partial charge in [0, 0.05) is 0 Å². The third-order valence-corrected chi connectivity index (χ3v) is 2.48. The molecular weight excluding hydrogens is 214 g/mol. The lowest BCUT2D eigenvalue weighted by Crippen LogP contribution is -2.25. The van der Waals surface area contributed by atoms with Crippen LogP contribution in [0.25, 0.3) is 0 Å². The molecule has 1 unspecified atom stereocenters. The van der Waals surface area contributed by atoms with Crippen molar-refractivity contribution >= 4 is 12.2 Å². The Morgan fingerprint density at radius 1 is 1.35 bits per heavy atom. The Morgan fingerprint density at radius 3 is 2.47 bits per heavy atom. The molecule has 0 bridgehead atoms. The molecular formula is C14H27NO2. The molecule has 1 atom stereocenters. The quantitative estimate of drug-likeness (QED) is 0.504. The first-order valence-corrected chi connectivity index (χ1v) is 6.59. The predicted molar refractivity (Wildman–Crippen MR) is 72.5 cm³/mol. The van der Waals surface area contributed by atoms with E-state index in [4.69, 9.17) is 4.74 Å². The molecule has 17 heavy (non-hydrogen) atoms.